The molecule has 0 aliphatic carbocycles. The zero-order chi connectivity index (χ0) is 26.8. The van der Waals surface area contributed by atoms with E-state index in [4.69, 9.17) is 5.73 Å². The van der Waals surface area contributed by atoms with Crippen LogP contribution in [0.4, 0.5) is 0 Å². The number of allylic oxidation sites excluding steroid dienone is 1. The van der Waals surface area contributed by atoms with Crippen molar-refractivity contribution in [3.05, 3.63) is 85.0 Å². The number of nitrogens with two attached hydrogens (primary N) is 1. The monoisotopic (exact) mass is 482 g/mol. The number of nitrogens with one attached hydrogen (secondary N) is 3. The molecule has 4 heteroatoms. The highest BCUT2D eigenvalue weighted by Crippen LogP contribution is 2.14. The Morgan fingerprint density at radius 3 is 1.97 bits per heavy atom. The van der Waals surface area contributed by atoms with E-state index in [9.17, 15) is 0 Å². The minimum atomic E-state index is 0.0601. The molecule has 2 unspecified atom stereocenters. The van der Waals surface area contributed by atoms with Crippen molar-refractivity contribution in [2.24, 2.45) is 17.6 Å². The van der Waals surface area contributed by atoms with Crippen molar-refractivity contribution < 1.29 is 0 Å². The highest BCUT2D eigenvalue weighted by molar-refractivity contribution is 5.17. The van der Waals surface area contributed by atoms with Crippen molar-refractivity contribution in [1.82, 2.24) is 16.0 Å². The van der Waals surface area contributed by atoms with E-state index < -0.39 is 0 Å². The molecule has 2 atom stereocenters. The molecule has 1 aromatic rings. The van der Waals surface area contributed by atoms with E-state index in [1.165, 1.54) is 5.56 Å². The maximum atomic E-state index is 5.95. The van der Waals surface area contributed by atoms with Crippen LogP contribution in [0.1, 0.15) is 79.2 Å². The van der Waals surface area contributed by atoms with E-state index in [-0.39, 0.29) is 12.1 Å². The standard InChI is InChI=1S/C27H44N4.C4H10/c1-8-9-15-26(23(6)28)31-22(5)19-29-24(7)27(18-20(2)3)30-21(4)16-17-25-13-11-10-12-14-25;1-4(2)3/h10-14,20,26-27,29-31H,4-9,15-19,28H2,1-3H3;4H,1-3H3. The predicted molar refractivity (Wildman–Crippen MR) is 157 cm³/mol. The number of benzene rings is 1. The van der Waals surface area contributed by atoms with Gasteiger partial charge in [0, 0.05) is 22.8 Å². The molecule has 0 aliphatic rings. The molecule has 4 nitrogen and oxygen atoms in total. The van der Waals surface area contributed by atoms with Gasteiger partial charge in [-0.25, -0.2) is 0 Å². The first kappa shape index (κ1) is 32.4. The molecule has 0 saturated carbocycles. The topological polar surface area (TPSA) is 62.1 Å². The van der Waals surface area contributed by atoms with E-state index in [0.29, 0.717) is 18.2 Å². The smallest absolute Gasteiger partial charge is 0.0653 e. The van der Waals surface area contributed by atoms with Gasteiger partial charge in [0.2, 0.25) is 0 Å². The summed E-state index contributed by atoms with van der Waals surface area (Å²) in [5.74, 6) is 1.37. The van der Waals surface area contributed by atoms with E-state index >= 15 is 0 Å². The van der Waals surface area contributed by atoms with Crippen LogP contribution < -0.4 is 21.7 Å². The van der Waals surface area contributed by atoms with Crippen LogP contribution in [0.3, 0.4) is 0 Å². The molecule has 35 heavy (non-hydrogen) atoms. The third kappa shape index (κ3) is 17.5. The zero-order valence-electron chi connectivity index (χ0n) is 23.6. The van der Waals surface area contributed by atoms with Crippen molar-refractivity contribution in [3.63, 3.8) is 0 Å². The number of rotatable bonds is 17. The number of hydrogen-bond acceptors (Lipinski definition) is 4. The lowest BCUT2D eigenvalue weighted by Gasteiger charge is -2.27. The second-order valence-electron chi connectivity index (χ2n) is 10.5. The van der Waals surface area contributed by atoms with Crippen LogP contribution >= 0.6 is 0 Å². The largest absolute Gasteiger partial charge is 0.401 e. The molecule has 0 radical (unpaired) electrons. The summed E-state index contributed by atoms with van der Waals surface area (Å²) in [6.45, 7) is 30.3. The Morgan fingerprint density at radius 1 is 0.886 bits per heavy atom. The van der Waals surface area contributed by atoms with E-state index in [1.54, 1.807) is 0 Å². The summed E-state index contributed by atoms with van der Waals surface area (Å²) in [4.78, 5) is 0. The molecular formula is C31H54N4. The summed E-state index contributed by atoms with van der Waals surface area (Å²) in [6, 6.07) is 10.7. The summed E-state index contributed by atoms with van der Waals surface area (Å²) in [7, 11) is 0. The molecule has 0 saturated heterocycles. The zero-order valence-corrected chi connectivity index (χ0v) is 23.6. The Bertz CT molecular complexity index is 746. The first-order valence-corrected chi connectivity index (χ1v) is 13.3. The summed E-state index contributed by atoms with van der Waals surface area (Å²) >= 11 is 0. The minimum absolute atomic E-state index is 0.0601. The third-order valence-electron chi connectivity index (χ3n) is 5.27. The number of unbranched alkanes of at least 4 members (excludes halogenated alkanes) is 1. The average molecular weight is 483 g/mol. The maximum absolute atomic E-state index is 5.95. The van der Waals surface area contributed by atoms with Gasteiger partial charge < -0.3 is 21.7 Å². The van der Waals surface area contributed by atoms with Crippen molar-refractivity contribution in [3.8, 4) is 0 Å². The second-order valence-corrected chi connectivity index (χ2v) is 10.5. The fourth-order valence-electron chi connectivity index (χ4n) is 3.42. The lowest BCUT2D eigenvalue weighted by atomic mass is 10.0. The van der Waals surface area contributed by atoms with Crippen molar-refractivity contribution in [1.29, 1.82) is 0 Å². The lowest BCUT2D eigenvalue weighted by molar-refractivity contribution is 0.463. The quantitative estimate of drug-likeness (QED) is 0.192. The van der Waals surface area contributed by atoms with Gasteiger partial charge in [-0.05, 0) is 43.1 Å². The Morgan fingerprint density at radius 2 is 1.46 bits per heavy atom. The summed E-state index contributed by atoms with van der Waals surface area (Å²) in [5, 5.41) is 10.4. The van der Waals surface area contributed by atoms with Gasteiger partial charge in [-0.2, -0.15) is 0 Å². The fraction of sp³-hybridized carbons (Fsp3) is 0.548. The van der Waals surface area contributed by atoms with Crippen molar-refractivity contribution >= 4 is 0 Å². The molecule has 0 amide bonds. The first-order valence-electron chi connectivity index (χ1n) is 13.3. The molecule has 0 spiro atoms. The van der Waals surface area contributed by atoms with Crippen LogP contribution in [-0.4, -0.2) is 18.6 Å². The summed E-state index contributed by atoms with van der Waals surface area (Å²) in [5.41, 5.74) is 10.8. The number of aryl methyl sites for hydroxylation is 1. The molecule has 0 fully saturated rings. The predicted octanol–water partition coefficient (Wildman–Crippen LogP) is 7.04. The SMILES string of the molecule is C=C(CNC(=C)C(CC(C)C)NC(=C)CCc1ccccc1)NC(CCCC)C(=C)N.CC(C)C. The van der Waals surface area contributed by atoms with E-state index in [2.05, 4.69) is 108 Å². The van der Waals surface area contributed by atoms with Gasteiger partial charge in [0.25, 0.3) is 0 Å². The molecule has 1 aromatic carbocycles. The highest BCUT2D eigenvalue weighted by atomic mass is 15.0. The molecule has 1 rings (SSSR count). The van der Waals surface area contributed by atoms with Crippen LogP contribution in [-0.2, 0) is 6.42 Å². The Balaban J connectivity index is 0.00000267. The molecule has 0 aromatic heterocycles. The fourth-order valence-corrected chi connectivity index (χ4v) is 3.42. The Labute approximate surface area is 217 Å². The highest BCUT2D eigenvalue weighted by Gasteiger charge is 2.16. The van der Waals surface area contributed by atoms with Crippen LogP contribution in [0, 0.1) is 11.8 Å². The van der Waals surface area contributed by atoms with Crippen molar-refractivity contribution in [2.45, 2.75) is 92.2 Å². The van der Waals surface area contributed by atoms with Crippen LogP contribution in [0.25, 0.3) is 0 Å². The maximum Gasteiger partial charge on any atom is 0.0653 e. The molecule has 0 aliphatic heterocycles. The molecule has 0 heterocycles. The molecule has 5 N–H and O–H groups in total. The van der Waals surface area contributed by atoms with Crippen LogP contribution in [0.15, 0.2) is 79.4 Å². The van der Waals surface area contributed by atoms with Crippen LogP contribution in [0.5, 0.6) is 0 Å². The normalized spacial score (nSPS) is 12.2. The second kappa shape index (κ2) is 18.7. The molecule has 198 valence electrons. The van der Waals surface area contributed by atoms with Crippen molar-refractivity contribution in [2.75, 3.05) is 6.54 Å². The molecular weight excluding hydrogens is 428 g/mol. The Kier molecular flexibility index (Phi) is 17.3. The number of hydrogen-bond donors (Lipinski definition) is 4. The summed E-state index contributed by atoms with van der Waals surface area (Å²) in [6.07, 6.45) is 6.05. The van der Waals surface area contributed by atoms with Gasteiger partial charge in [0.1, 0.15) is 0 Å². The third-order valence-corrected chi connectivity index (χ3v) is 5.27. The van der Waals surface area contributed by atoms with Gasteiger partial charge in [0.05, 0.1) is 18.6 Å². The lowest BCUT2D eigenvalue weighted by Crippen LogP contribution is -2.40. The van der Waals surface area contributed by atoms with Crippen LogP contribution in [0.2, 0.25) is 0 Å². The summed E-state index contributed by atoms with van der Waals surface area (Å²) < 4.78 is 0. The first-order chi connectivity index (χ1) is 16.5. The van der Waals surface area contributed by atoms with E-state index in [0.717, 1.165) is 61.5 Å². The van der Waals surface area contributed by atoms with Gasteiger partial charge >= 0.3 is 0 Å². The average Bonchev–Trinajstić information content (AvgIpc) is 2.78. The van der Waals surface area contributed by atoms with Gasteiger partial charge in [-0.15, -0.1) is 0 Å². The van der Waals surface area contributed by atoms with E-state index in [1.807, 2.05) is 6.07 Å². The van der Waals surface area contributed by atoms with Gasteiger partial charge in [-0.1, -0.05) is 111 Å². The molecule has 0 bridgehead atoms. The minimum Gasteiger partial charge on any atom is -0.401 e. The van der Waals surface area contributed by atoms with Gasteiger partial charge in [-0.3, -0.25) is 0 Å². The Hall–Kier alpha value is -2.62. The van der Waals surface area contributed by atoms with Gasteiger partial charge in [0.15, 0.2) is 0 Å².